The first-order valence-corrected chi connectivity index (χ1v) is 8.57. The summed E-state index contributed by atoms with van der Waals surface area (Å²) in [6.07, 6.45) is 6.20. The molecule has 0 amide bonds. The molecule has 2 heterocycles. The molecule has 2 aliphatic rings. The lowest BCUT2D eigenvalue weighted by Crippen LogP contribution is -2.55. The third-order valence-electron chi connectivity index (χ3n) is 5.12. The van der Waals surface area contributed by atoms with Gasteiger partial charge >= 0.3 is 0 Å². The van der Waals surface area contributed by atoms with Crippen molar-refractivity contribution >= 4 is 0 Å². The molecule has 0 radical (unpaired) electrons. The predicted molar refractivity (Wildman–Crippen MR) is 84.4 cm³/mol. The van der Waals surface area contributed by atoms with Gasteiger partial charge in [-0.15, -0.1) is 0 Å². The van der Waals surface area contributed by atoms with E-state index in [-0.39, 0.29) is 13.2 Å². The summed E-state index contributed by atoms with van der Waals surface area (Å²) in [4.78, 5) is 5.05. The molecule has 22 heavy (non-hydrogen) atoms. The van der Waals surface area contributed by atoms with Gasteiger partial charge in [0.25, 0.3) is 0 Å². The van der Waals surface area contributed by atoms with Crippen molar-refractivity contribution in [3.05, 3.63) is 23.7 Å². The lowest BCUT2D eigenvalue weighted by atomic mass is 10.0. The van der Waals surface area contributed by atoms with Gasteiger partial charge < -0.3 is 14.6 Å². The van der Waals surface area contributed by atoms with Crippen LogP contribution in [0.4, 0.5) is 0 Å². The van der Waals surface area contributed by atoms with Crippen molar-refractivity contribution in [2.24, 2.45) is 0 Å². The van der Waals surface area contributed by atoms with E-state index in [1.807, 2.05) is 12.1 Å². The molecule has 1 aromatic heterocycles. The van der Waals surface area contributed by atoms with Crippen LogP contribution in [0, 0.1) is 0 Å². The molecule has 0 bridgehead atoms. The van der Waals surface area contributed by atoms with E-state index in [9.17, 15) is 5.11 Å². The van der Waals surface area contributed by atoms with Gasteiger partial charge in [-0.05, 0) is 31.4 Å². The topological polar surface area (TPSA) is 60.1 Å². The molecule has 2 N–H and O–H groups in total. The van der Waals surface area contributed by atoms with Gasteiger partial charge in [0.1, 0.15) is 18.1 Å². The maximum absolute atomic E-state index is 9.40. The first kappa shape index (κ1) is 16.0. The molecular weight excluding hydrogens is 280 g/mol. The Labute approximate surface area is 132 Å². The SMILES string of the molecule is OCC[C@@H]1CN(Cc2ccc(CO)o2)CCN1C1CCCC1. The van der Waals surface area contributed by atoms with Gasteiger partial charge in [0.15, 0.2) is 0 Å². The summed E-state index contributed by atoms with van der Waals surface area (Å²) >= 11 is 0. The van der Waals surface area contributed by atoms with Gasteiger partial charge in [0.2, 0.25) is 0 Å². The zero-order valence-corrected chi connectivity index (χ0v) is 13.3. The Morgan fingerprint density at radius 3 is 2.55 bits per heavy atom. The minimum absolute atomic E-state index is 0.0391. The average Bonchev–Trinajstić information content (AvgIpc) is 3.19. The van der Waals surface area contributed by atoms with E-state index < -0.39 is 0 Å². The normalized spacial score (nSPS) is 25.1. The van der Waals surface area contributed by atoms with Crippen LogP contribution in [0.5, 0.6) is 0 Å². The molecule has 3 rings (SSSR count). The summed E-state index contributed by atoms with van der Waals surface area (Å²) in [6, 6.07) is 4.98. The van der Waals surface area contributed by atoms with Gasteiger partial charge in [0, 0.05) is 38.3 Å². The van der Waals surface area contributed by atoms with Gasteiger partial charge in [-0.25, -0.2) is 0 Å². The second-order valence-electron chi connectivity index (χ2n) is 6.60. The lowest BCUT2D eigenvalue weighted by molar-refractivity contribution is 0.0240. The number of rotatable bonds is 6. The zero-order chi connectivity index (χ0) is 15.4. The number of aliphatic hydroxyl groups excluding tert-OH is 2. The van der Waals surface area contributed by atoms with Gasteiger partial charge in [0.05, 0.1) is 6.54 Å². The Morgan fingerprint density at radius 2 is 1.86 bits per heavy atom. The number of furan rings is 1. The summed E-state index contributed by atoms with van der Waals surface area (Å²) in [7, 11) is 0. The summed E-state index contributed by atoms with van der Waals surface area (Å²) in [5, 5.41) is 18.5. The molecule has 0 aromatic carbocycles. The molecule has 0 unspecified atom stereocenters. The lowest BCUT2D eigenvalue weighted by Gasteiger charge is -2.44. The molecule has 1 saturated carbocycles. The number of piperazine rings is 1. The molecule has 2 fully saturated rings. The van der Waals surface area contributed by atoms with Crippen LogP contribution in [0.15, 0.2) is 16.5 Å². The Kier molecular flexibility index (Phi) is 5.52. The molecule has 1 aliphatic carbocycles. The molecule has 1 saturated heterocycles. The third-order valence-corrected chi connectivity index (χ3v) is 5.12. The molecular formula is C17H28N2O3. The Balaban J connectivity index is 1.59. The van der Waals surface area contributed by atoms with E-state index in [1.165, 1.54) is 25.7 Å². The second-order valence-corrected chi connectivity index (χ2v) is 6.60. The number of hydrogen-bond donors (Lipinski definition) is 2. The highest BCUT2D eigenvalue weighted by Gasteiger charge is 2.33. The van der Waals surface area contributed by atoms with Crippen molar-refractivity contribution in [3.8, 4) is 0 Å². The molecule has 5 nitrogen and oxygen atoms in total. The molecule has 1 aliphatic heterocycles. The highest BCUT2D eigenvalue weighted by molar-refractivity contribution is 5.06. The van der Waals surface area contributed by atoms with E-state index in [2.05, 4.69) is 9.80 Å². The molecule has 1 aromatic rings. The largest absolute Gasteiger partial charge is 0.462 e. The van der Waals surface area contributed by atoms with Crippen molar-refractivity contribution in [2.45, 2.75) is 57.3 Å². The van der Waals surface area contributed by atoms with Crippen molar-refractivity contribution in [1.82, 2.24) is 9.80 Å². The third kappa shape index (κ3) is 3.71. The Hall–Kier alpha value is -0.880. The molecule has 1 atom stereocenters. The monoisotopic (exact) mass is 308 g/mol. The summed E-state index contributed by atoms with van der Waals surface area (Å²) in [5.74, 6) is 1.55. The highest BCUT2D eigenvalue weighted by atomic mass is 16.4. The first-order chi connectivity index (χ1) is 10.8. The Morgan fingerprint density at radius 1 is 1.09 bits per heavy atom. The van der Waals surface area contributed by atoms with Crippen molar-refractivity contribution < 1.29 is 14.6 Å². The van der Waals surface area contributed by atoms with Crippen LogP contribution in [0.2, 0.25) is 0 Å². The standard InChI is InChI=1S/C17H28N2O3/c20-10-7-15-11-18(12-16-5-6-17(13-21)22-16)8-9-19(15)14-3-1-2-4-14/h5-6,14-15,20-21H,1-4,7-13H2/t15-/m1/s1. The van der Waals surface area contributed by atoms with Crippen molar-refractivity contribution in [1.29, 1.82) is 0 Å². The smallest absolute Gasteiger partial charge is 0.129 e. The van der Waals surface area contributed by atoms with Crippen LogP contribution in [0.3, 0.4) is 0 Å². The zero-order valence-electron chi connectivity index (χ0n) is 13.3. The second kappa shape index (κ2) is 7.59. The maximum Gasteiger partial charge on any atom is 0.129 e. The van der Waals surface area contributed by atoms with Crippen LogP contribution in [0.1, 0.15) is 43.6 Å². The van der Waals surface area contributed by atoms with E-state index in [4.69, 9.17) is 9.52 Å². The quantitative estimate of drug-likeness (QED) is 0.835. The summed E-state index contributed by atoms with van der Waals surface area (Å²) < 4.78 is 5.60. The van der Waals surface area contributed by atoms with Crippen molar-refractivity contribution in [2.75, 3.05) is 26.2 Å². The van der Waals surface area contributed by atoms with Crippen LogP contribution in [-0.4, -0.2) is 58.3 Å². The summed E-state index contributed by atoms with van der Waals surface area (Å²) in [5.41, 5.74) is 0. The van der Waals surface area contributed by atoms with E-state index in [0.717, 1.165) is 44.4 Å². The molecule has 5 heteroatoms. The minimum atomic E-state index is -0.0391. The fourth-order valence-electron chi connectivity index (χ4n) is 4.01. The fourth-order valence-corrected chi connectivity index (χ4v) is 4.01. The van der Waals surface area contributed by atoms with Gasteiger partial charge in [-0.1, -0.05) is 12.8 Å². The number of aliphatic hydroxyl groups is 2. The highest BCUT2D eigenvalue weighted by Crippen LogP contribution is 2.28. The van der Waals surface area contributed by atoms with Gasteiger partial charge in [-0.2, -0.15) is 0 Å². The fraction of sp³-hybridized carbons (Fsp3) is 0.765. The predicted octanol–water partition coefficient (Wildman–Crippen LogP) is 1.58. The molecule has 0 spiro atoms. The maximum atomic E-state index is 9.40. The summed E-state index contributed by atoms with van der Waals surface area (Å²) in [6.45, 7) is 4.14. The average molecular weight is 308 g/mol. The van der Waals surface area contributed by atoms with Crippen LogP contribution in [0.25, 0.3) is 0 Å². The number of hydrogen-bond acceptors (Lipinski definition) is 5. The van der Waals surface area contributed by atoms with Crippen molar-refractivity contribution in [3.63, 3.8) is 0 Å². The Bertz CT molecular complexity index is 457. The van der Waals surface area contributed by atoms with Crippen LogP contribution >= 0.6 is 0 Å². The van der Waals surface area contributed by atoms with E-state index in [1.54, 1.807) is 0 Å². The number of nitrogens with zero attached hydrogens (tertiary/aromatic N) is 2. The minimum Gasteiger partial charge on any atom is -0.462 e. The van der Waals surface area contributed by atoms with Gasteiger partial charge in [-0.3, -0.25) is 9.80 Å². The molecule has 124 valence electrons. The van der Waals surface area contributed by atoms with E-state index in [0.29, 0.717) is 11.8 Å². The first-order valence-electron chi connectivity index (χ1n) is 8.57. The van der Waals surface area contributed by atoms with Crippen LogP contribution in [-0.2, 0) is 13.2 Å². The van der Waals surface area contributed by atoms with E-state index >= 15 is 0 Å². The van der Waals surface area contributed by atoms with Crippen LogP contribution < -0.4 is 0 Å².